The molecule has 1 aliphatic carbocycles. The number of hydrogen-bond acceptors (Lipinski definition) is 3. The first kappa shape index (κ1) is 28.9. The molecule has 0 spiro atoms. The van der Waals surface area contributed by atoms with Crippen molar-refractivity contribution in [3.05, 3.63) is 70.5 Å². The van der Waals surface area contributed by atoms with Gasteiger partial charge in [0.05, 0.1) is 30.4 Å². The fourth-order valence-corrected chi connectivity index (χ4v) is 4.71. The van der Waals surface area contributed by atoms with Gasteiger partial charge in [0.1, 0.15) is 5.82 Å². The Kier molecular flexibility index (Phi) is 8.89. The molecule has 2 aromatic rings. The summed E-state index contributed by atoms with van der Waals surface area (Å²) in [6, 6.07) is 7.24. The average Bonchev–Trinajstić information content (AvgIpc) is 3.22. The second kappa shape index (κ2) is 11.4. The SMILES string of the molecule is CN(C)C(=O)CN(C)[C@@H]1CC[C@H](OCCc2cc(C(F)(F)F)cc(C(F)(F)F)c2)[C@H]1c1ccc(F)cc1. The lowest BCUT2D eigenvalue weighted by molar-refractivity contribution is -0.143. The van der Waals surface area contributed by atoms with Crippen molar-refractivity contribution in [3.63, 3.8) is 0 Å². The minimum absolute atomic E-state index is 0.0986. The summed E-state index contributed by atoms with van der Waals surface area (Å²) in [5.74, 6) is -0.792. The van der Waals surface area contributed by atoms with Gasteiger partial charge in [0.2, 0.25) is 5.91 Å². The van der Waals surface area contributed by atoms with Gasteiger partial charge in [0.15, 0.2) is 0 Å². The predicted molar refractivity (Wildman–Crippen MR) is 123 cm³/mol. The fourth-order valence-electron chi connectivity index (χ4n) is 4.71. The molecular formula is C26H29F7N2O2. The Morgan fingerprint density at radius 1 is 0.919 bits per heavy atom. The average molecular weight is 535 g/mol. The van der Waals surface area contributed by atoms with Gasteiger partial charge in [-0.25, -0.2) is 4.39 Å². The molecule has 3 atom stereocenters. The first-order chi connectivity index (χ1) is 17.2. The normalized spacial score (nSPS) is 20.5. The monoisotopic (exact) mass is 534 g/mol. The molecule has 1 saturated carbocycles. The van der Waals surface area contributed by atoms with Gasteiger partial charge < -0.3 is 9.64 Å². The number of likely N-dealkylation sites (N-methyl/N-ethyl adjacent to an activating group) is 2. The summed E-state index contributed by atoms with van der Waals surface area (Å²) in [5, 5.41) is 0. The zero-order chi connectivity index (χ0) is 27.5. The third kappa shape index (κ3) is 7.44. The minimum atomic E-state index is -4.92. The van der Waals surface area contributed by atoms with Crippen molar-refractivity contribution in [2.24, 2.45) is 0 Å². The highest BCUT2D eigenvalue weighted by molar-refractivity contribution is 5.77. The number of rotatable bonds is 8. The predicted octanol–water partition coefficient (Wildman–Crippen LogP) is 5.76. The van der Waals surface area contributed by atoms with Crippen LogP contribution in [0, 0.1) is 5.82 Å². The molecule has 204 valence electrons. The molecule has 0 aliphatic heterocycles. The second-order valence-electron chi connectivity index (χ2n) is 9.50. The summed E-state index contributed by atoms with van der Waals surface area (Å²) in [6.07, 6.45) is -9.20. The molecule has 3 rings (SSSR count). The zero-order valence-electron chi connectivity index (χ0n) is 20.7. The van der Waals surface area contributed by atoms with Crippen molar-refractivity contribution in [1.82, 2.24) is 9.80 Å². The minimum Gasteiger partial charge on any atom is -0.377 e. The molecule has 4 nitrogen and oxygen atoms in total. The first-order valence-corrected chi connectivity index (χ1v) is 11.7. The third-order valence-electron chi connectivity index (χ3n) is 6.64. The van der Waals surface area contributed by atoms with E-state index >= 15 is 0 Å². The van der Waals surface area contributed by atoms with Crippen LogP contribution in [0.2, 0.25) is 0 Å². The topological polar surface area (TPSA) is 32.8 Å². The van der Waals surface area contributed by atoms with E-state index in [2.05, 4.69) is 0 Å². The van der Waals surface area contributed by atoms with E-state index in [1.165, 1.54) is 17.0 Å². The van der Waals surface area contributed by atoms with Gasteiger partial charge in [0.25, 0.3) is 0 Å². The van der Waals surface area contributed by atoms with E-state index < -0.39 is 35.4 Å². The number of hydrogen-bond donors (Lipinski definition) is 0. The standard InChI is InChI=1S/C26H29F7N2O2/c1-34(2)23(36)15-35(3)21-8-9-22(24(21)17-4-6-20(27)7-5-17)37-11-10-16-12-18(25(28,29)30)14-19(13-16)26(31,32)33/h4-7,12-14,21-22,24H,8-11,15H2,1-3H3/t21-,22+,24+/m1/s1. The van der Waals surface area contributed by atoms with E-state index in [1.807, 2.05) is 4.90 Å². The van der Waals surface area contributed by atoms with E-state index in [1.54, 1.807) is 33.3 Å². The maximum atomic E-state index is 13.6. The molecule has 0 bridgehead atoms. The van der Waals surface area contributed by atoms with Crippen molar-refractivity contribution in [2.45, 2.75) is 49.7 Å². The molecule has 1 fully saturated rings. The molecule has 0 saturated heterocycles. The molecule has 2 aromatic carbocycles. The highest BCUT2D eigenvalue weighted by atomic mass is 19.4. The lowest BCUT2D eigenvalue weighted by atomic mass is 9.91. The number of nitrogens with zero attached hydrogens (tertiary/aromatic N) is 2. The molecular weight excluding hydrogens is 505 g/mol. The Hall–Kier alpha value is -2.66. The van der Waals surface area contributed by atoms with Gasteiger partial charge in [-0.05, 0) is 67.8 Å². The largest absolute Gasteiger partial charge is 0.416 e. The van der Waals surface area contributed by atoms with Crippen LogP contribution in [0.1, 0.15) is 41.0 Å². The van der Waals surface area contributed by atoms with Gasteiger partial charge >= 0.3 is 12.4 Å². The van der Waals surface area contributed by atoms with Crippen molar-refractivity contribution >= 4 is 5.91 Å². The lowest BCUT2D eigenvalue weighted by Crippen LogP contribution is -2.42. The van der Waals surface area contributed by atoms with Crippen LogP contribution >= 0.6 is 0 Å². The van der Waals surface area contributed by atoms with Crippen molar-refractivity contribution in [1.29, 1.82) is 0 Å². The van der Waals surface area contributed by atoms with Gasteiger partial charge in [-0.15, -0.1) is 0 Å². The lowest BCUT2D eigenvalue weighted by Gasteiger charge is -2.32. The summed E-state index contributed by atoms with van der Waals surface area (Å²) in [6.45, 7) is 0.0422. The highest BCUT2D eigenvalue weighted by Crippen LogP contribution is 2.40. The van der Waals surface area contributed by atoms with E-state index in [4.69, 9.17) is 4.74 Å². The van der Waals surface area contributed by atoms with Gasteiger partial charge in [-0.3, -0.25) is 9.69 Å². The number of halogens is 7. The van der Waals surface area contributed by atoms with Crippen LogP contribution in [0.5, 0.6) is 0 Å². The molecule has 0 N–H and O–H groups in total. The maximum absolute atomic E-state index is 13.6. The van der Waals surface area contributed by atoms with Crippen LogP contribution in [0.3, 0.4) is 0 Å². The second-order valence-corrected chi connectivity index (χ2v) is 9.50. The van der Waals surface area contributed by atoms with E-state index in [-0.39, 0.29) is 49.1 Å². The molecule has 0 unspecified atom stereocenters. The van der Waals surface area contributed by atoms with Crippen LogP contribution in [0.4, 0.5) is 30.7 Å². The summed E-state index contributed by atoms with van der Waals surface area (Å²) in [7, 11) is 5.09. The Morgan fingerprint density at radius 2 is 1.49 bits per heavy atom. The van der Waals surface area contributed by atoms with E-state index in [0.717, 1.165) is 5.56 Å². The molecule has 0 heterocycles. The summed E-state index contributed by atoms with van der Waals surface area (Å²) >= 11 is 0. The third-order valence-corrected chi connectivity index (χ3v) is 6.64. The maximum Gasteiger partial charge on any atom is 0.416 e. The Bertz CT molecular complexity index is 1040. The van der Waals surface area contributed by atoms with Gasteiger partial charge in [0, 0.05) is 26.1 Å². The summed E-state index contributed by atoms with van der Waals surface area (Å²) in [4.78, 5) is 15.6. The molecule has 37 heavy (non-hydrogen) atoms. The van der Waals surface area contributed by atoms with Crippen LogP contribution in [0.15, 0.2) is 42.5 Å². The number of alkyl halides is 6. The van der Waals surface area contributed by atoms with E-state index in [9.17, 15) is 35.5 Å². The smallest absolute Gasteiger partial charge is 0.377 e. The Morgan fingerprint density at radius 3 is 2.00 bits per heavy atom. The van der Waals surface area contributed by atoms with E-state index in [0.29, 0.717) is 25.0 Å². The number of ether oxygens (including phenoxy) is 1. The Labute approximate surface area is 211 Å². The fraction of sp³-hybridized carbons (Fsp3) is 0.500. The van der Waals surface area contributed by atoms with Crippen LogP contribution in [-0.2, 0) is 28.3 Å². The number of carbonyl (C=O) groups is 1. The molecule has 11 heteroatoms. The van der Waals surface area contributed by atoms with Crippen LogP contribution < -0.4 is 0 Å². The van der Waals surface area contributed by atoms with Crippen molar-refractivity contribution in [2.75, 3.05) is 34.3 Å². The zero-order valence-corrected chi connectivity index (χ0v) is 20.7. The van der Waals surface area contributed by atoms with Gasteiger partial charge in [-0.1, -0.05) is 12.1 Å². The Balaban J connectivity index is 1.78. The quantitative estimate of drug-likeness (QED) is 0.404. The molecule has 0 aromatic heterocycles. The molecule has 1 aliphatic rings. The summed E-state index contributed by atoms with van der Waals surface area (Å²) in [5.41, 5.74) is -2.09. The number of carbonyl (C=O) groups excluding carboxylic acids is 1. The van der Waals surface area contributed by atoms with Gasteiger partial charge in [-0.2, -0.15) is 26.3 Å². The van der Waals surface area contributed by atoms with Crippen LogP contribution in [0.25, 0.3) is 0 Å². The highest BCUT2D eigenvalue weighted by Gasteiger charge is 2.41. The summed E-state index contributed by atoms with van der Waals surface area (Å²) < 4.78 is 98.6. The number of benzene rings is 2. The molecule has 0 radical (unpaired) electrons. The van der Waals surface area contributed by atoms with Crippen molar-refractivity contribution in [3.8, 4) is 0 Å². The first-order valence-electron chi connectivity index (χ1n) is 11.7. The molecule has 1 amide bonds. The van der Waals surface area contributed by atoms with Crippen LogP contribution in [-0.4, -0.2) is 62.1 Å². The number of amides is 1. The van der Waals surface area contributed by atoms with Crippen molar-refractivity contribution < 1.29 is 40.3 Å².